The van der Waals surface area contributed by atoms with E-state index in [-0.39, 0.29) is 50.5 Å². The highest BCUT2D eigenvalue weighted by Gasteiger charge is 2.33. The van der Waals surface area contributed by atoms with Crippen LogP contribution in [-0.4, -0.2) is 96.3 Å². The van der Waals surface area contributed by atoms with Gasteiger partial charge in [-0.1, -0.05) is 30.3 Å². The number of amides is 6. The average molecular weight is 684 g/mol. The lowest BCUT2D eigenvalue weighted by Crippen LogP contribution is -2.58. The second-order valence-corrected chi connectivity index (χ2v) is 11.3. The normalized spacial score (nSPS) is 20.4. The van der Waals surface area contributed by atoms with Gasteiger partial charge < -0.3 is 48.1 Å². The number of guanidine groups is 1. The Kier molecular flexibility index (Phi) is 17.1. The summed E-state index contributed by atoms with van der Waals surface area (Å²) in [6, 6.07) is 3.42. The third-order valence-corrected chi connectivity index (χ3v) is 7.36. The van der Waals surface area contributed by atoms with Crippen LogP contribution in [0.25, 0.3) is 0 Å². The summed E-state index contributed by atoms with van der Waals surface area (Å²) in [5, 5.41) is 34.6. The minimum absolute atomic E-state index is 0.0318. The molecule has 266 valence electrons. The van der Waals surface area contributed by atoms with Crippen molar-refractivity contribution in [2.24, 2.45) is 5.73 Å². The molecule has 11 N–H and O–H groups in total. The number of nitrogens with two attached hydrogens (primary N) is 1. The summed E-state index contributed by atoms with van der Waals surface area (Å²) in [4.78, 5) is 90.0. The Morgan fingerprint density at radius 3 is 2.08 bits per heavy atom. The molecule has 0 aliphatic carbocycles. The fraction of sp³-hybridized carbons (Fsp3) is 0.500. The van der Waals surface area contributed by atoms with Crippen molar-refractivity contribution in [3.05, 3.63) is 35.9 Å². The molecule has 1 aliphatic heterocycles. The summed E-state index contributed by atoms with van der Waals surface area (Å²) in [7, 11) is 0. The largest absolute Gasteiger partial charge is 0.481 e. The number of aliphatic carboxylic acids is 1. The van der Waals surface area contributed by atoms with Gasteiger partial charge in [0, 0.05) is 32.4 Å². The Morgan fingerprint density at radius 1 is 0.837 bits per heavy atom. The van der Waals surface area contributed by atoms with Crippen LogP contribution in [0.15, 0.2) is 30.3 Å². The number of rotatable bonds is 15. The number of carbonyl (C=O) groups is 7. The van der Waals surface area contributed by atoms with Crippen LogP contribution in [0, 0.1) is 17.8 Å². The highest BCUT2D eigenvalue weighted by Crippen LogP contribution is 2.09. The summed E-state index contributed by atoms with van der Waals surface area (Å²) < 4.78 is 0. The molecule has 1 fully saturated rings. The number of hydrogen-bond acceptors (Lipinski definition) is 8. The monoisotopic (exact) mass is 683 g/mol. The Bertz CT molecular complexity index is 1380. The number of carbonyl (C=O) groups excluding carboxylic acids is 6. The van der Waals surface area contributed by atoms with E-state index < -0.39 is 72.6 Å². The summed E-state index contributed by atoms with van der Waals surface area (Å²) >= 11 is 0. The predicted molar refractivity (Wildman–Crippen MR) is 177 cm³/mol. The quantitative estimate of drug-likeness (QED) is 0.0410. The number of hydrogen-bond donors (Lipinski definition) is 10. The zero-order valence-corrected chi connectivity index (χ0v) is 27.1. The molecule has 17 heteroatoms. The average Bonchev–Trinajstić information content (AvgIpc) is 3.05. The molecule has 1 aliphatic rings. The minimum Gasteiger partial charge on any atom is -0.481 e. The molecule has 0 spiro atoms. The Balaban J connectivity index is 2.38. The molecule has 49 heavy (non-hydrogen) atoms. The number of nitrogens with one attached hydrogen (secondary N) is 8. The van der Waals surface area contributed by atoms with Crippen LogP contribution in [0.5, 0.6) is 0 Å². The van der Waals surface area contributed by atoms with Gasteiger partial charge in [0.25, 0.3) is 0 Å². The fourth-order valence-corrected chi connectivity index (χ4v) is 4.84. The SMILES string of the molecule is C#CCCC(=O)NCCCC[C@@H]1NC(=O)[C@@H](Cc2ccccc2)NC(=O)[C@H](CC(=O)O)NC(=O)CNC(=O)[C@H](CCCNC(=N)N)NC1=O. The highest BCUT2D eigenvalue weighted by molar-refractivity contribution is 5.98. The van der Waals surface area contributed by atoms with Gasteiger partial charge in [-0.15, -0.1) is 12.3 Å². The van der Waals surface area contributed by atoms with Crippen molar-refractivity contribution < 1.29 is 38.7 Å². The smallest absolute Gasteiger partial charge is 0.305 e. The number of carboxylic acids is 1. The van der Waals surface area contributed by atoms with Gasteiger partial charge in [0.05, 0.1) is 13.0 Å². The lowest BCUT2D eigenvalue weighted by atomic mass is 10.0. The van der Waals surface area contributed by atoms with Gasteiger partial charge in [-0.3, -0.25) is 39.0 Å². The molecule has 1 aromatic rings. The van der Waals surface area contributed by atoms with Crippen molar-refractivity contribution in [2.75, 3.05) is 19.6 Å². The van der Waals surface area contributed by atoms with Gasteiger partial charge in [0.2, 0.25) is 35.4 Å². The lowest BCUT2D eigenvalue weighted by Gasteiger charge is -2.26. The van der Waals surface area contributed by atoms with Crippen molar-refractivity contribution in [3.8, 4) is 12.3 Å². The van der Waals surface area contributed by atoms with E-state index >= 15 is 0 Å². The molecule has 17 nitrogen and oxygen atoms in total. The van der Waals surface area contributed by atoms with Crippen molar-refractivity contribution in [1.82, 2.24) is 37.2 Å². The second-order valence-electron chi connectivity index (χ2n) is 11.3. The highest BCUT2D eigenvalue weighted by atomic mass is 16.4. The second kappa shape index (κ2) is 21.3. The van der Waals surface area contributed by atoms with Crippen LogP contribution in [-0.2, 0) is 40.0 Å². The van der Waals surface area contributed by atoms with E-state index in [0.717, 1.165) is 0 Å². The first kappa shape index (κ1) is 39.5. The van der Waals surface area contributed by atoms with E-state index in [2.05, 4.69) is 43.1 Å². The molecule has 1 saturated heterocycles. The molecule has 1 heterocycles. The van der Waals surface area contributed by atoms with Crippen LogP contribution in [0.3, 0.4) is 0 Å². The third kappa shape index (κ3) is 15.7. The van der Waals surface area contributed by atoms with Crippen molar-refractivity contribution in [3.63, 3.8) is 0 Å². The maximum atomic E-state index is 13.7. The van der Waals surface area contributed by atoms with Crippen molar-refractivity contribution in [2.45, 2.75) is 82.0 Å². The summed E-state index contributed by atoms with van der Waals surface area (Å²) in [5.74, 6) is -3.56. The standard InChI is InChI=1S/C32H45N9O8/c1-2-3-14-25(42)35-15-8-7-12-22-29(47)39-21(13-9-16-36-32(33)34)28(46)37-19-26(43)38-24(18-27(44)45)31(49)41-23(30(48)40-22)17-20-10-5-4-6-11-20/h1,4-6,10-11,21-24H,3,7-9,12-19H2,(H,35,42)(H,37,46)(H,38,43)(H,39,47)(H,40,48)(H,41,49)(H,44,45)(H4,33,34,36)/t21-,22-,23+,24-/m0/s1. The number of carboxylic acid groups (broad SMARTS) is 1. The van der Waals surface area contributed by atoms with Crippen LogP contribution in [0.2, 0.25) is 0 Å². The molecule has 0 unspecified atom stereocenters. The fourth-order valence-electron chi connectivity index (χ4n) is 4.84. The van der Waals surface area contributed by atoms with Gasteiger partial charge in [0.15, 0.2) is 5.96 Å². The van der Waals surface area contributed by atoms with Gasteiger partial charge in [0.1, 0.15) is 24.2 Å². The number of benzene rings is 1. The molecular formula is C32H45N9O8. The first-order chi connectivity index (χ1) is 23.4. The van der Waals surface area contributed by atoms with E-state index in [0.29, 0.717) is 31.4 Å². The molecular weight excluding hydrogens is 638 g/mol. The predicted octanol–water partition coefficient (Wildman–Crippen LogP) is -2.26. The summed E-state index contributed by atoms with van der Waals surface area (Å²) in [6.07, 6.45) is 6.05. The molecule has 4 atom stereocenters. The van der Waals surface area contributed by atoms with E-state index in [9.17, 15) is 38.7 Å². The summed E-state index contributed by atoms with van der Waals surface area (Å²) in [6.45, 7) is -0.144. The number of terminal acetylenes is 1. The van der Waals surface area contributed by atoms with E-state index in [4.69, 9.17) is 17.6 Å². The lowest BCUT2D eigenvalue weighted by molar-refractivity contribution is -0.141. The molecule has 0 aromatic heterocycles. The van der Waals surface area contributed by atoms with E-state index in [1.807, 2.05) is 0 Å². The van der Waals surface area contributed by atoms with Crippen LogP contribution in [0.1, 0.15) is 56.9 Å². The molecule has 2 rings (SSSR count). The van der Waals surface area contributed by atoms with Gasteiger partial charge >= 0.3 is 5.97 Å². The molecule has 0 saturated carbocycles. The topological polar surface area (TPSA) is 274 Å². The van der Waals surface area contributed by atoms with Crippen molar-refractivity contribution >= 4 is 47.4 Å². The van der Waals surface area contributed by atoms with Gasteiger partial charge in [-0.2, -0.15) is 0 Å². The van der Waals surface area contributed by atoms with Gasteiger partial charge in [-0.25, -0.2) is 0 Å². The molecule has 0 bridgehead atoms. The van der Waals surface area contributed by atoms with E-state index in [1.54, 1.807) is 30.3 Å². The summed E-state index contributed by atoms with van der Waals surface area (Å²) in [5.41, 5.74) is 5.97. The Labute approximate surface area is 284 Å². The van der Waals surface area contributed by atoms with Crippen LogP contribution in [0.4, 0.5) is 0 Å². The molecule has 0 radical (unpaired) electrons. The zero-order chi connectivity index (χ0) is 36.2. The van der Waals surface area contributed by atoms with Crippen LogP contribution < -0.4 is 43.0 Å². The number of unbranched alkanes of at least 4 members (excludes halogenated alkanes) is 1. The first-order valence-corrected chi connectivity index (χ1v) is 15.9. The first-order valence-electron chi connectivity index (χ1n) is 15.9. The third-order valence-electron chi connectivity index (χ3n) is 7.36. The Morgan fingerprint density at radius 2 is 1.43 bits per heavy atom. The van der Waals surface area contributed by atoms with Crippen LogP contribution >= 0.6 is 0 Å². The van der Waals surface area contributed by atoms with E-state index in [1.165, 1.54) is 0 Å². The zero-order valence-electron chi connectivity index (χ0n) is 27.1. The molecule has 6 amide bonds. The maximum Gasteiger partial charge on any atom is 0.305 e. The molecule has 1 aromatic carbocycles. The van der Waals surface area contributed by atoms with Gasteiger partial charge in [-0.05, 0) is 37.7 Å². The minimum atomic E-state index is -1.59. The van der Waals surface area contributed by atoms with Crippen molar-refractivity contribution in [1.29, 1.82) is 5.41 Å². The Hall–Kier alpha value is -5.66. The maximum absolute atomic E-state index is 13.7.